The summed E-state index contributed by atoms with van der Waals surface area (Å²) in [7, 11) is -1.86. The van der Waals surface area contributed by atoms with Crippen LogP contribution in [0.3, 0.4) is 0 Å². The van der Waals surface area contributed by atoms with Crippen LogP contribution in [0.2, 0.25) is 23.5 Å². The molecule has 0 aromatic carbocycles. The normalized spacial score (nSPS) is 22.9. The molecule has 0 aliphatic carbocycles. The Morgan fingerprint density at radius 1 is 1.48 bits per heavy atom. The summed E-state index contributed by atoms with van der Waals surface area (Å²) in [6.07, 6.45) is 1.79. The molecule has 0 saturated carbocycles. The quantitative estimate of drug-likeness (QED) is 0.283. The summed E-state index contributed by atoms with van der Waals surface area (Å²) < 4.78 is 6.48. The van der Waals surface area contributed by atoms with Crippen molar-refractivity contribution >= 4 is 29.2 Å². The molecule has 0 bridgehead atoms. The first-order valence-corrected chi connectivity index (χ1v) is 13.3. The molecule has 1 rings (SSSR count). The summed E-state index contributed by atoms with van der Waals surface area (Å²) in [6.45, 7) is 19.5. The maximum atomic E-state index is 12.6. The monoisotopic (exact) mass is 401 g/mol. The molecule has 130 valence electrons. The van der Waals surface area contributed by atoms with Crippen molar-refractivity contribution in [2.45, 2.75) is 69.1 Å². The second-order valence-corrected chi connectivity index (χ2v) is 14.6. The van der Waals surface area contributed by atoms with Gasteiger partial charge in [0.15, 0.2) is 0 Å². The van der Waals surface area contributed by atoms with Gasteiger partial charge in [-0.2, -0.15) is 0 Å². The molecule has 0 unspecified atom stereocenters. The van der Waals surface area contributed by atoms with Gasteiger partial charge < -0.3 is 0 Å². The van der Waals surface area contributed by atoms with Crippen LogP contribution in [-0.2, 0) is 9.22 Å². The molecule has 23 heavy (non-hydrogen) atoms. The van der Waals surface area contributed by atoms with E-state index in [1.54, 1.807) is 0 Å². The summed E-state index contributed by atoms with van der Waals surface area (Å²) in [5, 5.41) is 1.04. The third-order valence-corrected chi connectivity index (χ3v) is 11.9. The van der Waals surface area contributed by atoms with Gasteiger partial charge in [0.1, 0.15) is 0 Å². The van der Waals surface area contributed by atoms with Gasteiger partial charge in [0.05, 0.1) is 0 Å². The number of likely N-dealkylation sites (tertiary alicyclic amines) is 1. The van der Waals surface area contributed by atoms with Crippen LogP contribution >= 0.6 is 0 Å². The summed E-state index contributed by atoms with van der Waals surface area (Å²) in [4.78, 5) is 14.8. The van der Waals surface area contributed by atoms with E-state index in [1.807, 2.05) is 17.9 Å². The van der Waals surface area contributed by atoms with Crippen LogP contribution in [0, 0.1) is 17.8 Å². The fourth-order valence-corrected chi connectivity index (χ4v) is 6.61. The number of rotatable bonds is 7. The first kappa shape index (κ1) is 20.5. The third-order valence-electron chi connectivity index (χ3n) is 4.80. The van der Waals surface area contributed by atoms with Crippen LogP contribution in [0.1, 0.15) is 34.6 Å². The number of carbonyl (C=O) groups is 1. The van der Waals surface area contributed by atoms with Gasteiger partial charge >= 0.3 is 149 Å². The minimum absolute atomic E-state index is 0.0114. The molecular weight excluding hydrogens is 369 g/mol. The molecule has 0 aromatic heterocycles. The number of hydrogen-bond donors (Lipinski definition) is 0. The molecule has 0 N–H and O–H groups in total. The topological polar surface area (TPSA) is 29.5 Å². The Balaban J connectivity index is 2.83. The molecule has 1 saturated heterocycles. The van der Waals surface area contributed by atoms with Gasteiger partial charge in [0, 0.05) is 0 Å². The van der Waals surface area contributed by atoms with E-state index in [1.165, 1.54) is 0 Å². The van der Waals surface area contributed by atoms with E-state index >= 15 is 0 Å². The summed E-state index contributed by atoms with van der Waals surface area (Å²) in [5.41, 5.74) is 0. The van der Waals surface area contributed by atoms with Crippen LogP contribution in [0.5, 0.6) is 0 Å². The van der Waals surface area contributed by atoms with Gasteiger partial charge in [-0.3, -0.25) is 0 Å². The predicted molar refractivity (Wildman–Crippen MR) is 101 cm³/mol. The van der Waals surface area contributed by atoms with E-state index in [0.29, 0.717) is 21.5 Å². The second kappa shape index (κ2) is 8.03. The Kier molecular flexibility index (Phi) is 7.16. The number of amides is 1. The van der Waals surface area contributed by atoms with E-state index in [-0.39, 0.29) is 27.9 Å². The van der Waals surface area contributed by atoms with Gasteiger partial charge in [-0.25, -0.2) is 0 Å². The Morgan fingerprint density at radius 3 is 2.57 bits per heavy atom. The number of nitrogens with zero attached hydrogens (tertiary/aromatic N) is 1. The first-order chi connectivity index (χ1) is 10.6. The SMILES string of the molecule is C=CCN1C(=O)[C@H]([C@@H](C)O[Si](C)(C)C(C)(C)C)[C@H]1[Se]CC#CC. The van der Waals surface area contributed by atoms with Gasteiger partial charge in [-0.05, 0) is 0 Å². The zero-order valence-electron chi connectivity index (χ0n) is 15.6. The Morgan fingerprint density at radius 2 is 2.09 bits per heavy atom. The van der Waals surface area contributed by atoms with Gasteiger partial charge in [-0.15, -0.1) is 0 Å². The average molecular weight is 400 g/mol. The Bertz CT molecular complexity index is 501. The zero-order chi connectivity index (χ0) is 17.8. The van der Waals surface area contributed by atoms with Crippen LogP contribution in [0.25, 0.3) is 0 Å². The predicted octanol–water partition coefficient (Wildman–Crippen LogP) is 3.51. The molecule has 1 aliphatic rings. The van der Waals surface area contributed by atoms with Gasteiger partial charge in [0.2, 0.25) is 0 Å². The summed E-state index contributed by atoms with van der Waals surface area (Å²) in [5.74, 6) is 6.29. The maximum absolute atomic E-state index is 12.6. The number of hydrogen-bond acceptors (Lipinski definition) is 2. The third kappa shape index (κ3) is 4.73. The molecule has 3 atom stereocenters. The molecule has 0 spiro atoms. The van der Waals surface area contributed by atoms with Crippen molar-refractivity contribution in [1.29, 1.82) is 0 Å². The Hall–Kier alpha value is -0.534. The number of carbonyl (C=O) groups excluding carboxylic acids is 1. The molecule has 0 radical (unpaired) electrons. The molecule has 5 heteroatoms. The first-order valence-electron chi connectivity index (χ1n) is 8.17. The van der Waals surface area contributed by atoms with Crippen LogP contribution in [-0.4, -0.2) is 51.7 Å². The zero-order valence-corrected chi connectivity index (χ0v) is 18.3. The van der Waals surface area contributed by atoms with E-state index < -0.39 is 8.32 Å². The van der Waals surface area contributed by atoms with Gasteiger partial charge in [-0.1, -0.05) is 0 Å². The molecule has 0 aromatic rings. The number of β-lactam (4-membered cyclic amide) rings is 1. The van der Waals surface area contributed by atoms with Crippen LogP contribution < -0.4 is 0 Å². The second-order valence-electron chi connectivity index (χ2n) is 7.52. The summed E-state index contributed by atoms with van der Waals surface area (Å²) >= 11 is 0.301. The Labute approximate surface area is 149 Å². The van der Waals surface area contributed by atoms with E-state index in [0.717, 1.165) is 5.32 Å². The minimum atomic E-state index is -1.86. The van der Waals surface area contributed by atoms with Crippen LogP contribution in [0.15, 0.2) is 12.7 Å². The summed E-state index contributed by atoms with van der Waals surface area (Å²) in [6, 6.07) is 0. The van der Waals surface area contributed by atoms with Crippen molar-refractivity contribution in [2.75, 3.05) is 6.54 Å². The van der Waals surface area contributed by atoms with Crippen molar-refractivity contribution < 1.29 is 9.22 Å². The molecular formula is C18H31NO2SeSi. The van der Waals surface area contributed by atoms with E-state index in [4.69, 9.17) is 4.43 Å². The van der Waals surface area contributed by atoms with Crippen molar-refractivity contribution in [3.05, 3.63) is 12.7 Å². The molecule has 1 amide bonds. The van der Waals surface area contributed by atoms with E-state index in [2.05, 4.69) is 59.2 Å². The molecule has 1 aliphatic heterocycles. The van der Waals surface area contributed by atoms with Gasteiger partial charge in [0.25, 0.3) is 0 Å². The molecule has 3 nitrogen and oxygen atoms in total. The standard InChI is InChI=1S/C18H31NO2SeSi/c1-9-11-13-22-17-15(16(20)19(17)12-10-2)14(3)21-23(7,8)18(4,5)6/h10,14-15,17H,2,12-13H2,1,3-8H3/t14-,15+,17-/m1/s1. The van der Waals surface area contributed by atoms with Crippen LogP contribution in [0.4, 0.5) is 0 Å². The average Bonchev–Trinajstić information content (AvgIpc) is 2.42. The molecule has 1 heterocycles. The molecule has 1 fully saturated rings. The van der Waals surface area contributed by atoms with Crippen molar-refractivity contribution in [1.82, 2.24) is 4.90 Å². The fourth-order valence-electron chi connectivity index (χ4n) is 2.42. The van der Waals surface area contributed by atoms with E-state index in [9.17, 15) is 4.79 Å². The van der Waals surface area contributed by atoms with Crippen molar-refractivity contribution in [3.63, 3.8) is 0 Å². The van der Waals surface area contributed by atoms with Crippen molar-refractivity contribution in [3.8, 4) is 11.8 Å². The fraction of sp³-hybridized carbons (Fsp3) is 0.722. The van der Waals surface area contributed by atoms with Crippen molar-refractivity contribution in [2.24, 2.45) is 5.92 Å².